The van der Waals surface area contributed by atoms with E-state index in [-0.39, 0.29) is 30.7 Å². The number of benzene rings is 2. The summed E-state index contributed by atoms with van der Waals surface area (Å²) in [5, 5.41) is 5.22. The van der Waals surface area contributed by atoms with Gasteiger partial charge in [-0.05, 0) is 36.2 Å². The van der Waals surface area contributed by atoms with Crippen LogP contribution in [0.15, 0.2) is 42.5 Å². The Bertz CT molecular complexity index is 678. The predicted molar refractivity (Wildman–Crippen MR) is 83.4 cm³/mol. The molecule has 0 spiro atoms. The number of hydrogen-bond donors (Lipinski definition) is 2. The Morgan fingerprint density at radius 3 is 2.33 bits per heavy atom. The molecule has 0 fully saturated rings. The Morgan fingerprint density at radius 2 is 1.62 bits per heavy atom. The van der Waals surface area contributed by atoms with Gasteiger partial charge < -0.3 is 15.4 Å². The fraction of sp³-hybridized carbons (Fsp3) is 0.235. The van der Waals surface area contributed by atoms with Crippen LogP contribution in [-0.4, -0.2) is 25.7 Å². The molecular formula is C17H17F3N2O2. The van der Waals surface area contributed by atoms with Crippen LogP contribution < -0.4 is 15.4 Å². The molecule has 2 amide bonds. The van der Waals surface area contributed by atoms with Gasteiger partial charge in [0, 0.05) is 12.6 Å². The summed E-state index contributed by atoms with van der Waals surface area (Å²) in [7, 11) is 0. The lowest BCUT2D eigenvalue weighted by atomic mass is 10.1. The Labute approximate surface area is 137 Å². The van der Waals surface area contributed by atoms with Crippen molar-refractivity contribution in [3.8, 4) is 5.75 Å². The lowest BCUT2D eigenvalue weighted by Gasteiger charge is -2.09. The van der Waals surface area contributed by atoms with Gasteiger partial charge in [0.25, 0.3) is 0 Å². The van der Waals surface area contributed by atoms with E-state index in [2.05, 4.69) is 10.6 Å². The lowest BCUT2D eigenvalue weighted by molar-refractivity contribution is 0.236. The molecular weight excluding hydrogens is 321 g/mol. The minimum absolute atomic E-state index is 0.121. The second-order valence-electron chi connectivity index (χ2n) is 4.98. The molecule has 0 aliphatic rings. The maximum atomic E-state index is 13.0. The van der Waals surface area contributed by atoms with Crippen LogP contribution in [0, 0.1) is 17.5 Å². The maximum absolute atomic E-state index is 13.0. The number of amides is 2. The topological polar surface area (TPSA) is 50.4 Å². The average molecular weight is 338 g/mol. The second kappa shape index (κ2) is 8.81. The van der Waals surface area contributed by atoms with Crippen LogP contribution in [0.25, 0.3) is 0 Å². The molecule has 4 nitrogen and oxygen atoms in total. The van der Waals surface area contributed by atoms with Crippen molar-refractivity contribution in [1.82, 2.24) is 10.6 Å². The van der Waals surface area contributed by atoms with Gasteiger partial charge in [-0.3, -0.25) is 0 Å². The summed E-state index contributed by atoms with van der Waals surface area (Å²) in [6.07, 6.45) is 0.582. The molecule has 0 bridgehead atoms. The van der Waals surface area contributed by atoms with Crippen LogP contribution in [0.2, 0.25) is 0 Å². The number of nitrogens with one attached hydrogen (secondary N) is 2. The molecule has 0 unspecified atom stereocenters. The van der Waals surface area contributed by atoms with E-state index in [4.69, 9.17) is 4.74 Å². The number of halogens is 3. The van der Waals surface area contributed by atoms with Gasteiger partial charge in [-0.2, -0.15) is 0 Å². The van der Waals surface area contributed by atoms with Gasteiger partial charge in [0.15, 0.2) is 11.6 Å². The highest BCUT2D eigenvalue weighted by Crippen LogP contribution is 2.14. The van der Waals surface area contributed by atoms with Crippen molar-refractivity contribution in [3.05, 3.63) is 65.5 Å². The van der Waals surface area contributed by atoms with Gasteiger partial charge >= 0.3 is 6.03 Å². The standard InChI is InChI=1S/C17H17F3N2O2/c18-13-3-1-12(2-4-13)7-8-21-17(23)22-9-10-24-14-5-6-15(19)16(20)11-14/h1-6,11H,7-10H2,(H2,21,22,23). The molecule has 0 atom stereocenters. The van der Waals surface area contributed by atoms with Gasteiger partial charge in [0.1, 0.15) is 18.2 Å². The number of hydrogen-bond acceptors (Lipinski definition) is 2. The summed E-state index contributed by atoms with van der Waals surface area (Å²) >= 11 is 0. The number of urea groups is 1. The molecule has 0 radical (unpaired) electrons. The molecule has 2 N–H and O–H groups in total. The van der Waals surface area contributed by atoms with Crippen molar-refractivity contribution in [2.75, 3.05) is 19.7 Å². The third-order valence-electron chi connectivity index (χ3n) is 3.16. The molecule has 7 heteroatoms. The fourth-order valence-electron chi connectivity index (χ4n) is 1.93. The van der Waals surface area contributed by atoms with E-state index in [1.807, 2.05) is 0 Å². The molecule has 24 heavy (non-hydrogen) atoms. The highest BCUT2D eigenvalue weighted by Gasteiger charge is 2.04. The van der Waals surface area contributed by atoms with E-state index in [0.29, 0.717) is 13.0 Å². The molecule has 2 aromatic rings. The number of ether oxygens (including phenoxy) is 1. The zero-order chi connectivity index (χ0) is 17.4. The van der Waals surface area contributed by atoms with Crippen molar-refractivity contribution >= 4 is 6.03 Å². The third kappa shape index (κ3) is 5.83. The van der Waals surface area contributed by atoms with Crippen LogP contribution in [0.5, 0.6) is 5.75 Å². The largest absolute Gasteiger partial charge is 0.492 e. The first-order valence-corrected chi connectivity index (χ1v) is 7.38. The summed E-state index contributed by atoms with van der Waals surface area (Å²) < 4.78 is 43.6. The van der Waals surface area contributed by atoms with Crippen molar-refractivity contribution < 1.29 is 22.7 Å². The summed E-state index contributed by atoms with van der Waals surface area (Å²) in [5.74, 6) is -2.04. The van der Waals surface area contributed by atoms with Crippen molar-refractivity contribution in [2.45, 2.75) is 6.42 Å². The predicted octanol–water partition coefficient (Wildman–Crippen LogP) is 3.02. The molecule has 128 valence electrons. The van der Waals surface area contributed by atoms with Gasteiger partial charge in [-0.15, -0.1) is 0 Å². The molecule has 0 aliphatic heterocycles. The quantitative estimate of drug-likeness (QED) is 0.763. The molecule has 2 rings (SSSR count). The monoisotopic (exact) mass is 338 g/mol. The Hall–Kier alpha value is -2.70. The molecule has 0 saturated heterocycles. The first kappa shape index (κ1) is 17.7. The summed E-state index contributed by atoms with van der Waals surface area (Å²) in [5.41, 5.74) is 0.915. The first-order chi connectivity index (χ1) is 11.5. The zero-order valence-corrected chi connectivity index (χ0v) is 12.8. The summed E-state index contributed by atoms with van der Waals surface area (Å²) in [6.45, 7) is 0.735. The summed E-state index contributed by atoms with van der Waals surface area (Å²) in [6, 6.07) is 8.90. The van der Waals surface area contributed by atoms with Crippen LogP contribution in [-0.2, 0) is 6.42 Å². The highest BCUT2D eigenvalue weighted by atomic mass is 19.2. The minimum atomic E-state index is -0.987. The highest BCUT2D eigenvalue weighted by molar-refractivity contribution is 5.73. The lowest BCUT2D eigenvalue weighted by Crippen LogP contribution is -2.38. The van der Waals surface area contributed by atoms with E-state index in [1.54, 1.807) is 12.1 Å². The average Bonchev–Trinajstić information content (AvgIpc) is 2.56. The van der Waals surface area contributed by atoms with Crippen LogP contribution in [0.3, 0.4) is 0 Å². The molecule has 0 aliphatic carbocycles. The van der Waals surface area contributed by atoms with Gasteiger partial charge in [-0.1, -0.05) is 12.1 Å². The summed E-state index contributed by atoms with van der Waals surface area (Å²) in [4.78, 5) is 11.6. The minimum Gasteiger partial charge on any atom is -0.492 e. The molecule has 0 heterocycles. The number of carbonyl (C=O) groups is 1. The normalized spacial score (nSPS) is 10.3. The maximum Gasteiger partial charge on any atom is 0.314 e. The van der Waals surface area contributed by atoms with Crippen molar-refractivity contribution in [1.29, 1.82) is 0 Å². The second-order valence-corrected chi connectivity index (χ2v) is 4.98. The Kier molecular flexibility index (Phi) is 6.48. The van der Waals surface area contributed by atoms with Gasteiger partial charge in [0.05, 0.1) is 6.54 Å². The van der Waals surface area contributed by atoms with Crippen molar-refractivity contribution in [2.24, 2.45) is 0 Å². The van der Waals surface area contributed by atoms with Gasteiger partial charge in [-0.25, -0.2) is 18.0 Å². The Balaban J connectivity index is 1.59. The number of rotatable bonds is 7. The third-order valence-corrected chi connectivity index (χ3v) is 3.16. The van der Waals surface area contributed by atoms with E-state index in [0.717, 1.165) is 17.7 Å². The molecule has 0 saturated carbocycles. The van der Waals surface area contributed by atoms with E-state index in [1.165, 1.54) is 18.2 Å². The zero-order valence-electron chi connectivity index (χ0n) is 12.8. The van der Waals surface area contributed by atoms with Crippen LogP contribution in [0.1, 0.15) is 5.56 Å². The molecule has 0 aromatic heterocycles. The molecule has 2 aromatic carbocycles. The van der Waals surface area contributed by atoms with Crippen molar-refractivity contribution in [3.63, 3.8) is 0 Å². The SMILES string of the molecule is O=C(NCCOc1ccc(F)c(F)c1)NCCc1ccc(F)cc1. The van der Waals surface area contributed by atoms with E-state index < -0.39 is 11.6 Å². The number of carbonyl (C=O) groups excluding carboxylic acids is 1. The first-order valence-electron chi connectivity index (χ1n) is 7.38. The van der Waals surface area contributed by atoms with Gasteiger partial charge in [0.2, 0.25) is 0 Å². The van der Waals surface area contributed by atoms with E-state index >= 15 is 0 Å². The van der Waals surface area contributed by atoms with Crippen LogP contribution in [0.4, 0.5) is 18.0 Å². The Morgan fingerprint density at radius 1 is 0.917 bits per heavy atom. The fourth-order valence-corrected chi connectivity index (χ4v) is 1.93. The van der Waals surface area contributed by atoms with E-state index in [9.17, 15) is 18.0 Å². The van der Waals surface area contributed by atoms with Crippen LogP contribution >= 0.6 is 0 Å². The smallest absolute Gasteiger partial charge is 0.314 e.